The fraction of sp³-hybridized carbons (Fsp3) is 0.308. The standard InChI is InChI=1S/C13H17N5/c1-8-6-11(13(14)15)4-5-12(8)7-18-10(3)16-9(2)17-18/h4-6H,7H2,1-3H3,(H3,14,15). The third-order valence-corrected chi connectivity index (χ3v) is 2.94. The van der Waals surface area contributed by atoms with E-state index >= 15 is 0 Å². The van der Waals surface area contributed by atoms with Crippen LogP contribution in [0.2, 0.25) is 0 Å². The van der Waals surface area contributed by atoms with Gasteiger partial charge in [0.05, 0.1) is 6.54 Å². The molecule has 1 aromatic carbocycles. The molecule has 0 bridgehead atoms. The Morgan fingerprint density at radius 3 is 2.56 bits per heavy atom. The third-order valence-electron chi connectivity index (χ3n) is 2.94. The highest BCUT2D eigenvalue weighted by Crippen LogP contribution is 2.13. The molecule has 3 N–H and O–H groups in total. The van der Waals surface area contributed by atoms with Crippen molar-refractivity contribution < 1.29 is 0 Å². The fourth-order valence-electron chi connectivity index (χ4n) is 1.91. The maximum absolute atomic E-state index is 7.41. The van der Waals surface area contributed by atoms with E-state index in [-0.39, 0.29) is 5.84 Å². The van der Waals surface area contributed by atoms with Crippen LogP contribution in [0.4, 0.5) is 0 Å². The van der Waals surface area contributed by atoms with Crippen LogP contribution in [0.1, 0.15) is 28.3 Å². The highest BCUT2D eigenvalue weighted by molar-refractivity contribution is 5.95. The van der Waals surface area contributed by atoms with E-state index in [4.69, 9.17) is 11.1 Å². The molecule has 0 spiro atoms. The summed E-state index contributed by atoms with van der Waals surface area (Å²) in [6.07, 6.45) is 0. The maximum atomic E-state index is 7.41. The van der Waals surface area contributed by atoms with Crippen LogP contribution < -0.4 is 5.73 Å². The second-order valence-electron chi connectivity index (χ2n) is 4.42. The molecule has 0 unspecified atom stereocenters. The zero-order chi connectivity index (χ0) is 13.3. The number of nitrogens with one attached hydrogen (secondary N) is 1. The van der Waals surface area contributed by atoms with E-state index in [2.05, 4.69) is 10.1 Å². The van der Waals surface area contributed by atoms with E-state index in [1.54, 1.807) is 0 Å². The summed E-state index contributed by atoms with van der Waals surface area (Å²) in [7, 11) is 0. The van der Waals surface area contributed by atoms with Crippen molar-refractivity contribution in [2.45, 2.75) is 27.3 Å². The van der Waals surface area contributed by atoms with E-state index in [0.29, 0.717) is 6.54 Å². The van der Waals surface area contributed by atoms with Gasteiger partial charge in [0.15, 0.2) is 0 Å². The first-order chi connectivity index (χ1) is 8.47. The van der Waals surface area contributed by atoms with Crippen LogP contribution in [0.15, 0.2) is 18.2 Å². The lowest BCUT2D eigenvalue weighted by Crippen LogP contribution is -2.12. The summed E-state index contributed by atoms with van der Waals surface area (Å²) in [4.78, 5) is 4.28. The Labute approximate surface area is 106 Å². The van der Waals surface area contributed by atoms with Crippen LogP contribution in [-0.2, 0) is 6.54 Å². The molecule has 0 saturated carbocycles. The van der Waals surface area contributed by atoms with E-state index < -0.39 is 0 Å². The molecule has 0 amide bonds. The Morgan fingerprint density at radius 2 is 2.06 bits per heavy atom. The lowest BCUT2D eigenvalue weighted by molar-refractivity contribution is 0.654. The first-order valence-electron chi connectivity index (χ1n) is 5.79. The van der Waals surface area contributed by atoms with Crippen LogP contribution in [0.3, 0.4) is 0 Å². The normalized spacial score (nSPS) is 10.6. The van der Waals surface area contributed by atoms with Crippen LogP contribution in [0, 0.1) is 26.2 Å². The SMILES string of the molecule is Cc1nc(C)n(Cc2ccc(C(=N)N)cc2C)n1. The second kappa shape index (κ2) is 4.60. The summed E-state index contributed by atoms with van der Waals surface area (Å²) >= 11 is 0. The van der Waals surface area contributed by atoms with Gasteiger partial charge in [-0.05, 0) is 38.0 Å². The van der Waals surface area contributed by atoms with Crippen molar-refractivity contribution in [3.05, 3.63) is 46.5 Å². The Kier molecular flexibility index (Phi) is 3.14. The minimum atomic E-state index is 0.0948. The minimum Gasteiger partial charge on any atom is -0.384 e. The molecule has 0 aliphatic rings. The molecular formula is C13H17N5. The first kappa shape index (κ1) is 12.3. The van der Waals surface area contributed by atoms with Gasteiger partial charge in [0.1, 0.15) is 17.5 Å². The molecule has 0 aliphatic carbocycles. The largest absolute Gasteiger partial charge is 0.384 e. The average Bonchev–Trinajstić information content (AvgIpc) is 2.60. The van der Waals surface area contributed by atoms with Gasteiger partial charge in [-0.15, -0.1) is 0 Å². The fourth-order valence-corrected chi connectivity index (χ4v) is 1.91. The number of nitrogen functional groups attached to an aromatic ring is 1. The van der Waals surface area contributed by atoms with Gasteiger partial charge in [-0.25, -0.2) is 9.67 Å². The summed E-state index contributed by atoms with van der Waals surface area (Å²) in [6, 6.07) is 5.78. The predicted molar refractivity (Wildman–Crippen MR) is 70.8 cm³/mol. The number of aromatic nitrogens is 3. The zero-order valence-corrected chi connectivity index (χ0v) is 10.9. The monoisotopic (exact) mass is 243 g/mol. The van der Waals surface area contributed by atoms with Gasteiger partial charge in [0.2, 0.25) is 0 Å². The molecule has 0 radical (unpaired) electrons. The van der Waals surface area contributed by atoms with Crippen molar-refractivity contribution >= 4 is 5.84 Å². The summed E-state index contributed by atoms with van der Waals surface area (Å²) in [5, 5.41) is 11.8. The number of rotatable bonds is 3. The van der Waals surface area contributed by atoms with Crippen molar-refractivity contribution in [3.8, 4) is 0 Å². The summed E-state index contributed by atoms with van der Waals surface area (Å²) in [5.41, 5.74) is 8.49. The van der Waals surface area contributed by atoms with Gasteiger partial charge >= 0.3 is 0 Å². The first-order valence-corrected chi connectivity index (χ1v) is 5.79. The Balaban J connectivity index is 2.30. The van der Waals surface area contributed by atoms with E-state index in [1.165, 1.54) is 0 Å². The second-order valence-corrected chi connectivity index (χ2v) is 4.42. The molecule has 0 atom stereocenters. The quantitative estimate of drug-likeness (QED) is 0.633. The van der Waals surface area contributed by atoms with Gasteiger partial charge in [-0.1, -0.05) is 12.1 Å². The molecule has 2 aromatic rings. The summed E-state index contributed by atoms with van der Waals surface area (Å²) in [6.45, 7) is 6.53. The van der Waals surface area contributed by atoms with Gasteiger partial charge in [0, 0.05) is 5.56 Å². The van der Waals surface area contributed by atoms with Gasteiger partial charge in [0.25, 0.3) is 0 Å². The van der Waals surface area contributed by atoms with Crippen LogP contribution >= 0.6 is 0 Å². The number of hydrogen-bond acceptors (Lipinski definition) is 3. The predicted octanol–water partition coefficient (Wildman–Crippen LogP) is 1.54. The Morgan fingerprint density at radius 1 is 1.33 bits per heavy atom. The van der Waals surface area contributed by atoms with Crippen LogP contribution in [0.25, 0.3) is 0 Å². The number of nitrogens with zero attached hydrogens (tertiary/aromatic N) is 3. The zero-order valence-electron chi connectivity index (χ0n) is 10.9. The topological polar surface area (TPSA) is 80.6 Å². The summed E-state index contributed by atoms with van der Waals surface area (Å²) in [5.74, 6) is 1.78. The highest BCUT2D eigenvalue weighted by atomic mass is 15.3. The number of hydrogen-bond donors (Lipinski definition) is 2. The maximum Gasteiger partial charge on any atom is 0.147 e. The Bertz CT molecular complexity index is 597. The van der Waals surface area contributed by atoms with E-state index in [9.17, 15) is 0 Å². The minimum absolute atomic E-state index is 0.0948. The van der Waals surface area contributed by atoms with Gasteiger partial charge in [-0.3, -0.25) is 5.41 Å². The lowest BCUT2D eigenvalue weighted by Gasteiger charge is -2.08. The van der Waals surface area contributed by atoms with E-state index in [1.807, 2.05) is 43.7 Å². The van der Waals surface area contributed by atoms with Crippen molar-refractivity contribution in [3.63, 3.8) is 0 Å². The van der Waals surface area contributed by atoms with Crippen molar-refractivity contribution in [2.75, 3.05) is 0 Å². The Hall–Kier alpha value is -2.17. The van der Waals surface area contributed by atoms with Crippen molar-refractivity contribution in [1.29, 1.82) is 5.41 Å². The third kappa shape index (κ3) is 2.40. The number of benzene rings is 1. The number of nitrogens with two attached hydrogens (primary N) is 1. The number of amidine groups is 1. The van der Waals surface area contributed by atoms with Crippen molar-refractivity contribution in [2.24, 2.45) is 5.73 Å². The highest BCUT2D eigenvalue weighted by Gasteiger charge is 2.06. The molecule has 1 aromatic heterocycles. The van der Waals surface area contributed by atoms with Crippen LogP contribution in [0.5, 0.6) is 0 Å². The van der Waals surface area contributed by atoms with Gasteiger partial charge in [-0.2, -0.15) is 5.10 Å². The molecule has 0 saturated heterocycles. The smallest absolute Gasteiger partial charge is 0.147 e. The van der Waals surface area contributed by atoms with Gasteiger partial charge < -0.3 is 5.73 Å². The molecule has 5 heteroatoms. The molecule has 5 nitrogen and oxygen atoms in total. The summed E-state index contributed by atoms with van der Waals surface area (Å²) < 4.78 is 1.88. The lowest BCUT2D eigenvalue weighted by atomic mass is 10.0. The van der Waals surface area contributed by atoms with Crippen molar-refractivity contribution in [1.82, 2.24) is 14.8 Å². The molecule has 1 heterocycles. The molecule has 0 fully saturated rings. The van der Waals surface area contributed by atoms with E-state index in [0.717, 1.165) is 28.3 Å². The average molecular weight is 243 g/mol. The molecule has 0 aliphatic heterocycles. The molecule has 18 heavy (non-hydrogen) atoms. The molecule has 2 rings (SSSR count). The number of aryl methyl sites for hydroxylation is 3. The van der Waals surface area contributed by atoms with Crippen LogP contribution in [-0.4, -0.2) is 20.6 Å². The molecular weight excluding hydrogens is 226 g/mol. The molecule has 94 valence electrons.